The number of benzene rings is 4. The number of hydrogen-bond donors (Lipinski definition) is 0. The van der Waals surface area contributed by atoms with Crippen molar-refractivity contribution in [2.45, 2.75) is 19.9 Å². The molecule has 199 valence electrons. The number of ether oxygens (including phenoxy) is 1. The summed E-state index contributed by atoms with van der Waals surface area (Å²) in [6.07, 6.45) is 1.97. The predicted octanol–water partition coefficient (Wildman–Crippen LogP) is 7.62. The second-order valence-corrected chi connectivity index (χ2v) is 9.72. The summed E-state index contributed by atoms with van der Waals surface area (Å²) in [4.78, 5) is 0. The smallest absolute Gasteiger partial charge is 0.516 e. The maximum atomic E-state index is 6.12. The number of azo groups is 2. The van der Waals surface area contributed by atoms with Gasteiger partial charge in [0.1, 0.15) is 16.9 Å². The van der Waals surface area contributed by atoms with Crippen LogP contribution < -0.4 is 4.74 Å². The Balaban J connectivity index is 0.00000151. The van der Waals surface area contributed by atoms with Crippen LogP contribution >= 0.6 is 0 Å². The number of fused-ring (bicyclic) bond motifs is 6. The molecule has 1 unspecified atom stereocenters. The van der Waals surface area contributed by atoms with Crippen LogP contribution in [0.3, 0.4) is 0 Å². The molecule has 0 spiro atoms. The van der Waals surface area contributed by atoms with Crippen LogP contribution in [0.25, 0.3) is 49.6 Å². The van der Waals surface area contributed by atoms with Gasteiger partial charge in [-0.25, -0.2) is 0 Å². The SMILES string of the molecule is Cc1cc(OC2=CC(C)[N+](c3[c-]cc4oc5ccccc5c4c3)=N2)nn1-c1[c-]cc2oc3ccccc3c2c1.[B].[Pt+2]. The van der Waals surface area contributed by atoms with E-state index in [0.29, 0.717) is 11.8 Å². The van der Waals surface area contributed by atoms with Crippen LogP contribution in [0, 0.1) is 19.1 Å². The van der Waals surface area contributed by atoms with Crippen LogP contribution in [0.1, 0.15) is 12.6 Å². The molecule has 3 aromatic heterocycles. The molecule has 7 nitrogen and oxygen atoms in total. The minimum absolute atomic E-state index is 0. The first-order valence-electron chi connectivity index (χ1n) is 12.7. The maximum absolute atomic E-state index is 6.12. The van der Waals surface area contributed by atoms with Gasteiger partial charge in [-0.1, -0.05) is 57.9 Å². The number of furan rings is 2. The maximum Gasteiger partial charge on any atom is 2.00 e. The largest absolute Gasteiger partial charge is 2.00 e. The van der Waals surface area contributed by atoms with Gasteiger partial charge in [0.2, 0.25) is 11.9 Å². The Hall–Kier alpha value is -4.42. The quantitative estimate of drug-likeness (QED) is 0.107. The Labute approximate surface area is 251 Å². The first-order chi connectivity index (χ1) is 19.1. The van der Waals surface area contributed by atoms with Crippen LogP contribution in [-0.4, -0.2) is 28.9 Å². The van der Waals surface area contributed by atoms with Crippen molar-refractivity contribution in [3.8, 4) is 11.6 Å². The van der Waals surface area contributed by atoms with Gasteiger partial charge in [0.05, 0.1) is 6.08 Å². The average Bonchev–Trinajstić information content (AvgIpc) is 3.70. The summed E-state index contributed by atoms with van der Waals surface area (Å²) < 4.78 is 21.7. The predicted molar refractivity (Wildman–Crippen MR) is 153 cm³/mol. The molecule has 1 aliphatic heterocycles. The summed E-state index contributed by atoms with van der Waals surface area (Å²) in [5.74, 6) is 0.945. The topological polar surface area (TPSA) is 68.7 Å². The number of para-hydroxylation sites is 2. The van der Waals surface area contributed by atoms with Gasteiger partial charge in [-0.2, -0.15) is 6.07 Å². The molecular weight excluding hydrogens is 694 g/mol. The summed E-state index contributed by atoms with van der Waals surface area (Å²) in [6, 6.07) is 32.3. The van der Waals surface area contributed by atoms with E-state index < -0.39 is 0 Å². The van der Waals surface area contributed by atoms with Gasteiger partial charge < -0.3 is 13.6 Å². The van der Waals surface area contributed by atoms with E-state index in [2.05, 4.69) is 37.3 Å². The number of aromatic nitrogens is 2. The molecule has 1 aliphatic rings. The van der Waals surface area contributed by atoms with Crippen LogP contribution in [0.4, 0.5) is 5.69 Å². The molecule has 0 bridgehead atoms. The fraction of sp³-hybridized carbons (Fsp3) is 0.0938. The Kier molecular flexibility index (Phi) is 6.67. The molecule has 0 saturated carbocycles. The van der Waals surface area contributed by atoms with Crippen LogP contribution in [0.2, 0.25) is 0 Å². The van der Waals surface area contributed by atoms with E-state index in [-0.39, 0.29) is 35.5 Å². The molecule has 0 fully saturated rings. The van der Waals surface area contributed by atoms with Gasteiger partial charge >= 0.3 is 21.1 Å². The molecule has 1 atom stereocenters. The minimum atomic E-state index is -0.0137. The van der Waals surface area contributed by atoms with E-state index in [1.165, 1.54) is 0 Å². The Morgan fingerprint density at radius 1 is 0.829 bits per heavy atom. The summed E-state index contributed by atoms with van der Waals surface area (Å²) in [5.41, 5.74) is 5.87. The molecule has 9 heteroatoms. The minimum Gasteiger partial charge on any atom is -0.516 e. The van der Waals surface area contributed by atoms with Crippen molar-refractivity contribution in [1.29, 1.82) is 0 Å². The second kappa shape index (κ2) is 10.2. The zero-order valence-electron chi connectivity index (χ0n) is 22.1. The third-order valence-electron chi connectivity index (χ3n) is 7.11. The molecule has 0 saturated heterocycles. The number of rotatable bonds is 4. The van der Waals surface area contributed by atoms with Crippen molar-refractivity contribution < 1.29 is 39.3 Å². The van der Waals surface area contributed by atoms with E-state index in [1.54, 1.807) is 0 Å². The van der Waals surface area contributed by atoms with E-state index in [4.69, 9.17) is 23.8 Å². The molecule has 0 amide bonds. The third-order valence-corrected chi connectivity index (χ3v) is 7.11. The molecule has 4 aromatic carbocycles. The fourth-order valence-corrected chi connectivity index (χ4v) is 5.25. The van der Waals surface area contributed by atoms with Crippen molar-refractivity contribution in [3.63, 3.8) is 0 Å². The Morgan fingerprint density at radius 2 is 1.46 bits per heavy atom. The molecule has 0 N–H and O–H groups in total. The van der Waals surface area contributed by atoms with Gasteiger partial charge in [-0.3, -0.25) is 4.68 Å². The summed E-state index contributed by atoms with van der Waals surface area (Å²) >= 11 is 0. The molecule has 0 aliphatic carbocycles. The fourth-order valence-electron chi connectivity index (χ4n) is 5.25. The first kappa shape index (κ1) is 26.8. The standard InChI is InChI=1S/C32H21N4O3.B.Pt/c1-19-15-31(33-35(19)21-11-13-29-25(17-21)23-7-3-5-9-27(23)37-29)39-32-16-20(2)36(34-32)22-12-14-30-26(18-22)24-8-4-6-10-28(24)38-30;;/h3-10,13-19H,1-2H3;;/q-1;;+2. The van der Waals surface area contributed by atoms with Crippen LogP contribution in [-0.2, 0) is 21.1 Å². The average molecular weight is 715 g/mol. The molecule has 41 heavy (non-hydrogen) atoms. The van der Waals surface area contributed by atoms with E-state index >= 15 is 0 Å². The van der Waals surface area contributed by atoms with Gasteiger partial charge in [-0.05, 0) is 24.7 Å². The van der Waals surface area contributed by atoms with E-state index in [1.807, 2.05) is 83.0 Å². The molecule has 3 radical (unpaired) electrons. The van der Waals surface area contributed by atoms with Crippen molar-refractivity contribution in [1.82, 2.24) is 9.78 Å². The zero-order valence-corrected chi connectivity index (χ0v) is 24.3. The van der Waals surface area contributed by atoms with Crippen molar-refractivity contribution in [2.24, 2.45) is 5.11 Å². The molecule has 8 rings (SSSR count). The summed E-state index contributed by atoms with van der Waals surface area (Å²) in [6.45, 7) is 4.05. The van der Waals surface area contributed by atoms with Crippen molar-refractivity contribution >= 4 is 58.0 Å². The second-order valence-electron chi connectivity index (χ2n) is 9.72. The summed E-state index contributed by atoms with van der Waals surface area (Å²) in [5, 5.41) is 13.6. The molecule has 4 heterocycles. The van der Waals surface area contributed by atoms with Gasteiger partial charge in [0.25, 0.3) is 5.88 Å². The van der Waals surface area contributed by atoms with Crippen molar-refractivity contribution in [3.05, 3.63) is 109 Å². The van der Waals surface area contributed by atoms with Crippen molar-refractivity contribution in [2.75, 3.05) is 0 Å². The first-order valence-corrected chi connectivity index (χ1v) is 12.7. The monoisotopic (exact) mass is 715 g/mol. The Morgan fingerprint density at radius 3 is 2.17 bits per heavy atom. The van der Waals surface area contributed by atoms with Gasteiger partial charge in [-0.15, -0.1) is 29.4 Å². The van der Waals surface area contributed by atoms with Gasteiger partial charge in [0, 0.05) is 54.1 Å². The van der Waals surface area contributed by atoms with E-state index in [9.17, 15) is 0 Å². The summed E-state index contributed by atoms with van der Waals surface area (Å²) in [7, 11) is 0. The van der Waals surface area contributed by atoms with Crippen LogP contribution in [0.15, 0.2) is 105 Å². The normalized spacial score (nSPS) is 14.7. The molecular formula is C32H21BN4O3Pt+. The van der Waals surface area contributed by atoms with Gasteiger partial charge in [0.15, 0.2) is 0 Å². The third kappa shape index (κ3) is 4.39. The zero-order chi connectivity index (χ0) is 26.1. The van der Waals surface area contributed by atoms with E-state index in [0.717, 1.165) is 60.9 Å². The van der Waals surface area contributed by atoms with Crippen LogP contribution in [0.5, 0.6) is 5.88 Å². The number of nitrogens with zero attached hydrogens (tertiary/aromatic N) is 4. The number of hydrogen-bond acceptors (Lipinski definition) is 5. The Bertz CT molecular complexity index is 2160. The molecule has 7 aromatic rings. The number of aryl methyl sites for hydroxylation is 1.